The average molecular weight is 352 g/mol. The number of amides is 1. The summed E-state index contributed by atoms with van der Waals surface area (Å²) in [7, 11) is 1.40. The van der Waals surface area contributed by atoms with Crippen LogP contribution in [0.2, 0.25) is 5.02 Å². The maximum atomic E-state index is 13.7. The Morgan fingerprint density at radius 3 is 2.71 bits per heavy atom. The maximum Gasteiger partial charge on any atom is 0.246 e. The molecule has 0 aliphatic rings. The molecule has 4 nitrogen and oxygen atoms in total. The van der Waals surface area contributed by atoms with E-state index in [9.17, 15) is 9.18 Å². The minimum absolute atomic E-state index is 0.103. The zero-order valence-corrected chi connectivity index (χ0v) is 14.3. The molecule has 0 aromatic heterocycles. The summed E-state index contributed by atoms with van der Waals surface area (Å²) in [6.07, 6.45) is 0. The van der Waals surface area contributed by atoms with Gasteiger partial charge in [-0.25, -0.2) is 4.39 Å². The summed E-state index contributed by atoms with van der Waals surface area (Å²) in [4.78, 5) is 11.9. The molecular formula is C18H19ClFNO3. The lowest BCUT2D eigenvalue weighted by Crippen LogP contribution is -2.30. The number of ether oxygens (including phenoxy) is 2. The van der Waals surface area contributed by atoms with Crippen molar-refractivity contribution in [1.29, 1.82) is 0 Å². The van der Waals surface area contributed by atoms with Gasteiger partial charge in [-0.3, -0.25) is 4.79 Å². The Labute approximate surface area is 145 Å². The molecule has 1 N–H and O–H groups in total. The molecule has 0 saturated heterocycles. The number of nitrogens with one attached hydrogen (secondary N) is 1. The van der Waals surface area contributed by atoms with Crippen molar-refractivity contribution in [2.45, 2.75) is 19.6 Å². The Balaban J connectivity index is 1.83. The molecule has 1 amide bonds. The summed E-state index contributed by atoms with van der Waals surface area (Å²) in [5.74, 6) is -0.586. The Bertz CT molecular complexity index is 708. The Morgan fingerprint density at radius 1 is 1.29 bits per heavy atom. The molecule has 24 heavy (non-hydrogen) atoms. The SMILES string of the molecule is COc1ccc([C@@H](C)NC(=O)COCc2ccccc2Cl)cc1F. The van der Waals surface area contributed by atoms with Crippen LogP contribution in [0, 0.1) is 5.82 Å². The van der Waals surface area contributed by atoms with E-state index < -0.39 is 5.82 Å². The van der Waals surface area contributed by atoms with Crippen molar-refractivity contribution in [3.8, 4) is 5.75 Å². The van der Waals surface area contributed by atoms with Crippen LogP contribution < -0.4 is 10.1 Å². The van der Waals surface area contributed by atoms with Crippen LogP contribution in [-0.2, 0) is 16.1 Å². The fourth-order valence-electron chi connectivity index (χ4n) is 2.19. The van der Waals surface area contributed by atoms with Gasteiger partial charge in [0, 0.05) is 5.02 Å². The summed E-state index contributed by atoms with van der Waals surface area (Å²) in [5, 5.41) is 3.35. The normalized spacial score (nSPS) is 11.8. The first-order chi connectivity index (χ1) is 11.5. The molecule has 1 atom stereocenters. The molecule has 2 rings (SSSR count). The zero-order valence-electron chi connectivity index (χ0n) is 13.5. The van der Waals surface area contributed by atoms with E-state index in [1.54, 1.807) is 19.1 Å². The van der Waals surface area contributed by atoms with Gasteiger partial charge in [-0.2, -0.15) is 0 Å². The van der Waals surface area contributed by atoms with Crippen LogP contribution in [0.15, 0.2) is 42.5 Å². The van der Waals surface area contributed by atoms with Crippen LogP contribution in [0.4, 0.5) is 4.39 Å². The van der Waals surface area contributed by atoms with Crippen molar-refractivity contribution in [3.05, 3.63) is 64.4 Å². The lowest BCUT2D eigenvalue weighted by atomic mass is 10.1. The fraction of sp³-hybridized carbons (Fsp3) is 0.278. The number of carbonyl (C=O) groups excluding carboxylic acids is 1. The van der Waals surface area contributed by atoms with Gasteiger partial charge in [0.1, 0.15) is 6.61 Å². The van der Waals surface area contributed by atoms with Gasteiger partial charge in [-0.05, 0) is 36.2 Å². The van der Waals surface area contributed by atoms with Crippen molar-refractivity contribution >= 4 is 17.5 Å². The number of rotatable bonds is 7. The van der Waals surface area contributed by atoms with E-state index in [-0.39, 0.29) is 30.9 Å². The number of hydrogen-bond acceptors (Lipinski definition) is 3. The second kappa shape index (κ2) is 8.66. The quantitative estimate of drug-likeness (QED) is 0.823. The van der Waals surface area contributed by atoms with Crippen LogP contribution in [0.3, 0.4) is 0 Å². The minimum Gasteiger partial charge on any atom is -0.494 e. The van der Waals surface area contributed by atoms with E-state index in [0.717, 1.165) is 5.56 Å². The lowest BCUT2D eigenvalue weighted by molar-refractivity contribution is -0.126. The van der Waals surface area contributed by atoms with E-state index in [2.05, 4.69) is 5.32 Å². The molecule has 0 aliphatic carbocycles. The van der Waals surface area contributed by atoms with E-state index in [0.29, 0.717) is 10.6 Å². The highest BCUT2D eigenvalue weighted by Crippen LogP contribution is 2.21. The van der Waals surface area contributed by atoms with Crippen LogP contribution in [0.25, 0.3) is 0 Å². The molecule has 0 bridgehead atoms. The van der Waals surface area contributed by atoms with Crippen LogP contribution in [0.1, 0.15) is 24.1 Å². The second-order valence-corrected chi connectivity index (χ2v) is 5.67. The Hall–Kier alpha value is -2.11. The zero-order chi connectivity index (χ0) is 17.5. The summed E-state index contributed by atoms with van der Waals surface area (Å²) in [5.41, 5.74) is 1.46. The predicted octanol–water partition coefficient (Wildman–Crippen LogP) is 3.88. The summed E-state index contributed by atoms with van der Waals surface area (Å²) in [6.45, 7) is 1.92. The minimum atomic E-state index is -0.467. The van der Waals surface area contributed by atoms with Crippen molar-refractivity contribution < 1.29 is 18.7 Å². The molecule has 6 heteroatoms. The van der Waals surface area contributed by atoms with Crippen molar-refractivity contribution in [2.24, 2.45) is 0 Å². The number of benzene rings is 2. The summed E-state index contributed by atoms with van der Waals surface area (Å²) >= 11 is 6.02. The monoisotopic (exact) mass is 351 g/mol. The molecule has 128 valence electrons. The fourth-order valence-corrected chi connectivity index (χ4v) is 2.38. The first kappa shape index (κ1) is 18.2. The number of methoxy groups -OCH3 is 1. The molecule has 0 spiro atoms. The Morgan fingerprint density at radius 2 is 2.04 bits per heavy atom. The van der Waals surface area contributed by atoms with Crippen molar-refractivity contribution in [1.82, 2.24) is 5.32 Å². The molecular weight excluding hydrogens is 333 g/mol. The first-order valence-electron chi connectivity index (χ1n) is 7.45. The smallest absolute Gasteiger partial charge is 0.246 e. The van der Waals surface area contributed by atoms with Gasteiger partial charge < -0.3 is 14.8 Å². The van der Waals surface area contributed by atoms with Gasteiger partial charge in [-0.1, -0.05) is 35.9 Å². The number of carbonyl (C=O) groups is 1. The molecule has 0 heterocycles. The third-order valence-corrected chi connectivity index (χ3v) is 3.87. The first-order valence-corrected chi connectivity index (χ1v) is 7.83. The van der Waals surface area contributed by atoms with Gasteiger partial charge in [0.05, 0.1) is 19.8 Å². The van der Waals surface area contributed by atoms with E-state index >= 15 is 0 Å². The largest absolute Gasteiger partial charge is 0.494 e. The lowest BCUT2D eigenvalue weighted by Gasteiger charge is -2.15. The van der Waals surface area contributed by atoms with Crippen molar-refractivity contribution in [2.75, 3.05) is 13.7 Å². The van der Waals surface area contributed by atoms with Gasteiger partial charge in [0.25, 0.3) is 0 Å². The van der Waals surface area contributed by atoms with Crippen LogP contribution in [-0.4, -0.2) is 19.6 Å². The standard InChI is InChI=1S/C18H19ClFNO3/c1-12(13-7-8-17(23-2)16(20)9-13)21-18(22)11-24-10-14-5-3-4-6-15(14)19/h3-9,12H,10-11H2,1-2H3,(H,21,22)/t12-/m1/s1. The van der Waals surface area contributed by atoms with E-state index in [1.165, 1.54) is 19.2 Å². The number of hydrogen-bond donors (Lipinski definition) is 1. The second-order valence-electron chi connectivity index (χ2n) is 5.27. The third-order valence-electron chi connectivity index (χ3n) is 3.50. The average Bonchev–Trinajstić information content (AvgIpc) is 2.56. The van der Waals surface area contributed by atoms with Gasteiger partial charge in [0.15, 0.2) is 11.6 Å². The highest BCUT2D eigenvalue weighted by atomic mass is 35.5. The molecule has 2 aromatic rings. The van der Waals surface area contributed by atoms with E-state index in [4.69, 9.17) is 21.1 Å². The summed E-state index contributed by atoms with van der Waals surface area (Å²) < 4.78 is 23.9. The third kappa shape index (κ3) is 4.94. The Kier molecular flexibility index (Phi) is 6.58. The molecule has 0 aliphatic heterocycles. The van der Waals surface area contributed by atoms with Crippen LogP contribution >= 0.6 is 11.6 Å². The predicted molar refractivity (Wildman–Crippen MR) is 90.6 cm³/mol. The molecule has 0 fully saturated rings. The van der Waals surface area contributed by atoms with E-state index in [1.807, 2.05) is 18.2 Å². The molecule has 2 aromatic carbocycles. The number of halogens is 2. The molecule has 0 radical (unpaired) electrons. The van der Waals surface area contributed by atoms with Gasteiger partial charge >= 0.3 is 0 Å². The molecule has 0 unspecified atom stereocenters. The highest BCUT2D eigenvalue weighted by Gasteiger charge is 2.12. The maximum absolute atomic E-state index is 13.7. The van der Waals surface area contributed by atoms with Gasteiger partial charge in [0.2, 0.25) is 5.91 Å². The molecule has 0 saturated carbocycles. The van der Waals surface area contributed by atoms with Gasteiger partial charge in [-0.15, -0.1) is 0 Å². The summed E-state index contributed by atoms with van der Waals surface area (Å²) in [6, 6.07) is 11.5. The topological polar surface area (TPSA) is 47.6 Å². The van der Waals surface area contributed by atoms with Crippen molar-refractivity contribution in [3.63, 3.8) is 0 Å². The highest BCUT2D eigenvalue weighted by molar-refractivity contribution is 6.31. The van der Waals surface area contributed by atoms with Crippen LogP contribution in [0.5, 0.6) is 5.75 Å².